The predicted molar refractivity (Wildman–Crippen MR) is 111 cm³/mol. The lowest BCUT2D eigenvalue weighted by Gasteiger charge is -2.39. The second-order valence-corrected chi connectivity index (χ2v) is 8.44. The smallest absolute Gasteiger partial charge is 0.410 e. The zero-order valence-corrected chi connectivity index (χ0v) is 16.9. The number of carboxylic acid groups (broad SMARTS) is 1. The van der Waals surface area contributed by atoms with Crippen LogP contribution < -0.4 is 0 Å². The fraction of sp³-hybridized carbons (Fsp3) is 0.417. The van der Waals surface area contributed by atoms with Gasteiger partial charge in [-0.1, -0.05) is 67.8 Å². The number of likely N-dealkylation sites (N-methyl/N-ethyl adjacent to an activating group) is 1. The molecule has 2 aromatic rings. The molecule has 0 aliphatic heterocycles. The molecular weight excluding hydrogens is 366 g/mol. The van der Waals surface area contributed by atoms with Crippen LogP contribution in [0.4, 0.5) is 4.79 Å². The molecule has 152 valence electrons. The van der Waals surface area contributed by atoms with Crippen LogP contribution in [0.2, 0.25) is 0 Å². The van der Waals surface area contributed by atoms with Crippen LogP contribution in [0.5, 0.6) is 0 Å². The Morgan fingerprint density at radius 2 is 1.62 bits per heavy atom. The van der Waals surface area contributed by atoms with Gasteiger partial charge < -0.3 is 9.84 Å². The molecule has 1 N–H and O–H groups in total. The molecule has 0 saturated heterocycles. The summed E-state index contributed by atoms with van der Waals surface area (Å²) in [6.45, 7) is 1.81. The average Bonchev–Trinajstić information content (AvgIpc) is 3.02. The summed E-state index contributed by atoms with van der Waals surface area (Å²) in [6.07, 6.45) is 3.07. The third kappa shape index (κ3) is 3.39. The van der Waals surface area contributed by atoms with Gasteiger partial charge in [-0.05, 0) is 41.5 Å². The maximum absolute atomic E-state index is 12.8. The Balaban J connectivity index is 1.50. The van der Waals surface area contributed by atoms with Crippen molar-refractivity contribution in [3.63, 3.8) is 0 Å². The van der Waals surface area contributed by atoms with Gasteiger partial charge in [0.25, 0.3) is 0 Å². The van der Waals surface area contributed by atoms with Crippen molar-refractivity contribution in [1.82, 2.24) is 4.90 Å². The van der Waals surface area contributed by atoms with E-state index in [9.17, 15) is 14.7 Å². The Kier molecular flexibility index (Phi) is 5.07. The van der Waals surface area contributed by atoms with Crippen LogP contribution in [0.25, 0.3) is 11.1 Å². The minimum absolute atomic E-state index is 0.0394. The molecule has 1 unspecified atom stereocenters. The number of hydrogen-bond donors (Lipinski definition) is 1. The zero-order chi connectivity index (χ0) is 20.6. The van der Waals surface area contributed by atoms with E-state index in [1.54, 1.807) is 6.92 Å². The van der Waals surface area contributed by atoms with Gasteiger partial charge >= 0.3 is 12.1 Å². The van der Waals surface area contributed by atoms with E-state index in [2.05, 4.69) is 24.3 Å². The molecule has 1 amide bonds. The summed E-state index contributed by atoms with van der Waals surface area (Å²) in [5.74, 6) is -0.664. The van der Waals surface area contributed by atoms with E-state index >= 15 is 0 Å². The third-order valence-corrected chi connectivity index (χ3v) is 6.72. The Bertz CT molecular complexity index is 890. The fourth-order valence-corrected chi connectivity index (χ4v) is 4.52. The van der Waals surface area contributed by atoms with E-state index in [4.69, 9.17) is 4.74 Å². The number of carbonyl (C=O) groups is 2. The number of amides is 1. The van der Waals surface area contributed by atoms with Crippen molar-refractivity contribution in [1.29, 1.82) is 0 Å². The zero-order valence-electron chi connectivity index (χ0n) is 16.9. The van der Waals surface area contributed by atoms with Crippen molar-refractivity contribution in [2.24, 2.45) is 5.92 Å². The summed E-state index contributed by atoms with van der Waals surface area (Å²) in [5.41, 5.74) is 3.35. The maximum atomic E-state index is 12.8. The van der Waals surface area contributed by atoms with Crippen LogP contribution in [-0.2, 0) is 9.53 Å². The third-order valence-electron chi connectivity index (χ3n) is 6.72. The fourth-order valence-electron chi connectivity index (χ4n) is 4.52. The molecule has 5 nitrogen and oxygen atoms in total. The second-order valence-electron chi connectivity index (χ2n) is 8.44. The van der Waals surface area contributed by atoms with Gasteiger partial charge in [-0.15, -0.1) is 0 Å². The van der Waals surface area contributed by atoms with E-state index in [1.165, 1.54) is 11.9 Å². The normalized spacial score (nSPS) is 17.6. The van der Waals surface area contributed by atoms with Gasteiger partial charge in [0, 0.05) is 13.0 Å². The molecule has 0 heterocycles. The largest absolute Gasteiger partial charge is 0.480 e. The molecule has 0 spiro atoms. The molecule has 0 aromatic heterocycles. The lowest BCUT2D eigenvalue weighted by Crippen LogP contribution is -2.54. The number of nitrogens with zero attached hydrogens (tertiary/aromatic N) is 1. The highest BCUT2D eigenvalue weighted by atomic mass is 16.6. The van der Waals surface area contributed by atoms with Gasteiger partial charge in [0.05, 0.1) is 0 Å². The first-order valence-corrected chi connectivity index (χ1v) is 10.2. The van der Waals surface area contributed by atoms with Gasteiger partial charge in [-0.25, -0.2) is 9.59 Å². The van der Waals surface area contributed by atoms with E-state index in [-0.39, 0.29) is 12.5 Å². The van der Waals surface area contributed by atoms with Crippen LogP contribution in [0, 0.1) is 5.92 Å². The molecule has 2 aromatic carbocycles. The highest BCUT2D eigenvalue weighted by Gasteiger charge is 2.44. The van der Waals surface area contributed by atoms with Crippen molar-refractivity contribution in [2.45, 2.75) is 44.1 Å². The lowest BCUT2D eigenvalue weighted by molar-refractivity contribution is -0.150. The molecule has 0 bridgehead atoms. The van der Waals surface area contributed by atoms with E-state index in [0.29, 0.717) is 12.3 Å². The first-order chi connectivity index (χ1) is 13.9. The quantitative estimate of drug-likeness (QED) is 0.758. The highest BCUT2D eigenvalue weighted by Crippen LogP contribution is 2.44. The maximum Gasteiger partial charge on any atom is 0.410 e. The molecule has 5 heteroatoms. The number of carboxylic acids is 1. The molecule has 2 aliphatic rings. The molecule has 0 radical (unpaired) electrons. The van der Waals surface area contributed by atoms with E-state index < -0.39 is 17.6 Å². The van der Waals surface area contributed by atoms with Gasteiger partial charge in [-0.3, -0.25) is 4.90 Å². The van der Waals surface area contributed by atoms with Crippen LogP contribution >= 0.6 is 0 Å². The molecular formula is C24H27NO4. The number of ether oxygens (including phenoxy) is 1. The predicted octanol–water partition coefficient (Wildman–Crippen LogP) is 4.90. The SMILES string of the molecule is CN(C(=O)OCC1c2ccccc2-c2ccccc21)C(C)(CC1CCC1)C(=O)O. The monoisotopic (exact) mass is 393 g/mol. The van der Waals surface area contributed by atoms with Crippen molar-refractivity contribution >= 4 is 12.1 Å². The Morgan fingerprint density at radius 1 is 1.07 bits per heavy atom. The molecule has 1 saturated carbocycles. The molecule has 1 atom stereocenters. The topological polar surface area (TPSA) is 66.8 Å². The molecule has 2 aliphatic carbocycles. The van der Waals surface area contributed by atoms with Crippen LogP contribution in [0.3, 0.4) is 0 Å². The number of carbonyl (C=O) groups excluding carboxylic acids is 1. The van der Waals surface area contributed by atoms with Gasteiger partial charge in [-0.2, -0.15) is 0 Å². The first-order valence-electron chi connectivity index (χ1n) is 10.2. The van der Waals surface area contributed by atoms with Crippen LogP contribution in [-0.4, -0.2) is 41.3 Å². The van der Waals surface area contributed by atoms with Crippen LogP contribution in [0.15, 0.2) is 48.5 Å². The van der Waals surface area contributed by atoms with Crippen LogP contribution in [0.1, 0.15) is 49.7 Å². The summed E-state index contributed by atoms with van der Waals surface area (Å²) in [4.78, 5) is 26.0. The Labute approximate surface area is 171 Å². The van der Waals surface area contributed by atoms with E-state index in [0.717, 1.165) is 41.5 Å². The molecule has 4 rings (SSSR count). The van der Waals surface area contributed by atoms with Crippen molar-refractivity contribution in [2.75, 3.05) is 13.7 Å². The lowest BCUT2D eigenvalue weighted by atomic mass is 9.76. The summed E-state index contributed by atoms with van der Waals surface area (Å²) in [7, 11) is 1.53. The first kappa shape index (κ1) is 19.5. The minimum Gasteiger partial charge on any atom is -0.480 e. The molecule has 29 heavy (non-hydrogen) atoms. The number of fused-ring (bicyclic) bond motifs is 3. The number of aliphatic carboxylic acids is 1. The summed E-state index contributed by atoms with van der Waals surface area (Å²) in [6, 6.07) is 16.3. The van der Waals surface area contributed by atoms with Crippen molar-refractivity contribution in [3.8, 4) is 11.1 Å². The van der Waals surface area contributed by atoms with Crippen molar-refractivity contribution < 1.29 is 19.4 Å². The average molecular weight is 393 g/mol. The Hall–Kier alpha value is -2.82. The number of rotatable bonds is 6. The number of hydrogen-bond acceptors (Lipinski definition) is 3. The summed E-state index contributed by atoms with van der Waals surface area (Å²) in [5, 5.41) is 9.81. The second kappa shape index (κ2) is 7.54. The van der Waals surface area contributed by atoms with Gasteiger partial charge in [0.2, 0.25) is 0 Å². The standard InChI is InChI=1S/C24H27NO4/c1-24(22(26)27,14-16-8-7-9-16)25(2)23(28)29-15-21-19-12-5-3-10-17(19)18-11-4-6-13-20(18)21/h3-6,10-13,16,21H,7-9,14-15H2,1-2H3,(H,26,27). The Morgan fingerprint density at radius 3 is 2.10 bits per heavy atom. The summed E-state index contributed by atoms with van der Waals surface area (Å²) >= 11 is 0. The highest BCUT2D eigenvalue weighted by molar-refractivity contribution is 5.84. The van der Waals surface area contributed by atoms with E-state index in [1.807, 2.05) is 24.3 Å². The summed E-state index contributed by atoms with van der Waals surface area (Å²) < 4.78 is 5.65. The molecule has 1 fully saturated rings. The van der Waals surface area contributed by atoms with Gasteiger partial charge in [0.1, 0.15) is 12.1 Å². The minimum atomic E-state index is -1.26. The van der Waals surface area contributed by atoms with Crippen molar-refractivity contribution in [3.05, 3.63) is 59.7 Å². The number of benzene rings is 2. The van der Waals surface area contributed by atoms with Gasteiger partial charge in [0.15, 0.2) is 0 Å².